The molecule has 0 bridgehead atoms. The summed E-state index contributed by atoms with van der Waals surface area (Å²) in [6.07, 6.45) is 0. The van der Waals surface area contributed by atoms with Crippen LogP contribution in [0.5, 0.6) is 11.5 Å². The van der Waals surface area contributed by atoms with Crippen molar-refractivity contribution in [2.75, 3.05) is 14.2 Å². The Morgan fingerprint density at radius 1 is 1.03 bits per heavy atom. The van der Waals surface area contributed by atoms with Gasteiger partial charge in [0.2, 0.25) is 0 Å². The van der Waals surface area contributed by atoms with Crippen LogP contribution in [-0.4, -0.2) is 23.4 Å². The van der Waals surface area contributed by atoms with Crippen LogP contribution < -0.4 is 20.7 Å². The molecule has 1 aliphatic rings. The molecule has 0 amide bonds. The normalized spacial score (nSPS) is 15.5. The van der Waals surface area contributed by atoms with Gasteiger partial charge in [-0.2, -0.15) is 0 Å². The second kappa shape index (κ2) is 7.52. The third-order valence-corrected chi connectivity index (χ3v) is 5.82. The van der Waals surface area contributed by atoms with Gasteiger partial charge in [0.25, 0.3) is 0 Å². The van der Waals surface area contributed by atoms with Crippen LogP contribution in [0.4, 0.5) is 5.69 Å². The quantitative estimate of drug-likeness (QED) is 0.665. The number of hydrogen-bond acceptors (Lipinski definition) is 4. The number of fused-ring (bicyclic) bond motifs is 3. The SMILES string of the molecule is COc1cc2c(cc1OC)C(C)Cn1c-2c/c(=N/c2ccc(C)cc2C)n(C)c1=O. The maximum Gasteiger partial charge on any atom is 0.329 e. The van der Waals surface area contributed by atoms with Gasteiger partial charge in [0.15, 0.2) is 11.5 Å². The minimum absolute atomic E-state index is 0.0803. The van der Waals surface area contributed by atoms with Gasteiger partial charge in [0.1, 0.15) is 5.49 Å². The summed E-state index contributed by atoms with van der Waals surface area (Å²) in [7, 11) is 5.03. The number of aromatic nitrogens is 2. The van der Waals surface area contributed by atoms with Crippen LogP contribution in [0, 0.1) is 13.8 Å². The van der Waals surface area contributed by atoms with Crippen molar-refractivity contribution in [3.05, 3.63) is 69.1 Å². The Kier molecular flexibility index (Phi) is 5.02. The van der Waals surface area contributed by atoms with Crippen molar-refractivity contribution in [2.45, 2.75) is 33.2 Å². The molecule has 0 fully saturated rings. The minimum atomic E-state index is -0.0803. The molecule has 4 rings (SSSR count). The molecule has 6 nitrogen and oxygen atoms in total. The number of rotatable bonds is 3. The maximum absolute atomic E-state index is 13.2. The first-order chi connectivity index (χ1) is 14.3. The highest BCUT2D eigenvalue weighted by molar-refractivity contribution is 5.71. The van der Waals surface area contributed by atoms with E-state index in [2.05, 4.69) is 19.9 Å². The number of aryl methyl sites for hydroxylation is 2. The fraction of sp³-hybridized carbons (Fsp3) is 0.333. The zero-order valence-corrected chi connectivity index (χ0v) is 18.3. The number of methoxy groups -OCH3 is 2. The predicted octanol–water partition coefficient (Wildman–Crippen LogP) is 3.84. The molecule has 0 saturated heterocycles. The van der Waals surface area contributed by atoms with Crippen molar-refractivity contribution in [1.29, 1.82) is 0 Å². The summed E-state index contributed by atoms with van der Waals surface area (Å²) in [4.78, 5) is 18.0. The second-order valence-corrected chi connectivity index (χ2v) is 7.94. The van der Waals surface area contributed by atoms with Gasteiger partial charge in [0.05, 0.1) is 25.6 Å². The van der Waals surface area contributed by atoms with Gasteiger partial charge in [-0.1, -0.05) is 24.6 Å². The first-order valence-electron chi connectivity index (χ1n) is 10.0. The van der Waals surface area contributed by atoms with Crippen molar-refractivity contribution in [3.8, 4) is 22.8 Å². The molecular weight excluding hydrogens is 378 g/mol. The van der Waals surface area contributed by atoms with Gasteiger partial charge in [-0.25, -0.2) is 9.79 Å². The molecule has 2 aromatic carbocycles. The molecule has 0 N–H and O–H groups in total. The molecule has 1 aliphatic heterocycles. The van der Waals surface area contributed by atoms with Crippen LogP contribution in [0.1, 0.15) is 29.5 Å². The van der Waals surface area contributed by atoms with E-state index in [9.17, 15) is 4.79 Å². The van der Waals surface area contributed by atoms with Crippen molar-refractivity contribution in [1.82, 2.24) is 9.13 Å². The molecule has 0 radical (unpaired) electrons. The van der Waals surface area contributed by atoms with E-state index in [1.165, 1.54) is 5.56 Å². The average Bonchev–Trinajstić information content (AvgIpc) is 2.73. The highest BCUT2D eigenvalue weighted by Gasteiger charge is 2.26. The molecule has 2 heterocycles. The van der Waals surface area contributed by atoms with Crippen LogP contribution in [0.15, 0.2) is 46.2 Å². The number of benzene rings is 2. The fourth-order valence-corrected chi connectivity index (χ4v) is 4.14. The highest BCUT2D eigenvalue weighted by atomic mass is 16.5. The Morgan fingerprint density at radius 2 is 1.73 bits per heavy atom. The van der Waals surface area contributed by atoms with Crippen LogP contribution in [0.3, 0.4) is 0 Å². The maximum atomic E-state index is 13.2. The van der Waals surface area contributed by atoms with Crippen molar-refractivity contribution in [3.63, 3.8) is 0 Å². The first-order valence-corrected chi connectivity index (χ1v) is 10.0. The Labute approximate surface area is 176 Å². The van der Waals surface area contributed by atoms with Crippen LogP contribution in [-0.2, 0) is 13.6 Å². The fourth-order valence-electron chi connectivity index (χ4n) is 4.14. The highest BCUT2D eigenvalue weighted by Crippen LogP contribution is 2.41. The molecule has 1 aromatic heterocycles. The lowest BCUT2D eigenvalue weighted by molar-refractivity contribution is 0.354. The summed E-state index contributed by atoms with van der Waals surface area (Å²) in [6, 6.07) is 12.1. The zero-order chi connectivity index (χ0) is 21.6. The largest absolute Gasteiger partial charge is 0.493 e. The summed E-state index contributed by atoms with van der Waals surface area (Å²) in [5, 5.41) is 0. The summed E-state index contributed by atoms with van der Waals surface area (Å²) in [5.41, 5.74) is 6.61. The van der Waals surface area contributed by atoms with E-state index in [0.29, 0.717) is 23.5 Å². The second-order valence-electron chi connectivity index (χ2n) is 7.94. The lowest BCUT2D eigenvalue weighted by atomic mass is 9.89. The Hall–Kier alpha value is -3.28. The molecule has 3 aromatic rings. The smallest absolute Gasteiger partial charge is 0.329 e. The number of hydrogen-bond donors (Lipinski definition) is 0. The van der Waals surface area contributed by atoms with Gasteiger partial charge in [-0.05, 0) is 43.2 Å². The molecule has 0 aliphatic carbocycles. The summed E-state index contributed by atoms with van der Waals surface area (Å²) in [5.74, 6) is 1.51. The van der Waals surface area contributed by atoms with Gasteiger partial charge in [-0.3, -0.25) is 9.13 Å². The minimum Gasteiger partial charge on any atom is -0.493 e. The predicted molar refractivity (Wildman–Crippen MR) is 118 cm³/mol. The third-order valence-electron chi connectivity index (χ3n) is 5.82. The van der Waals surface area contributed by atoms with E-state index in [1.807, 2.05) is 41.8 Å². The zero-order valence-electron chi connectivity index (χ0n) is 18.3. The van der Waals surface area contributed by atoms with Crippen LogP contribution in [0.2, 0.25) is 0 Å². The van der Waals surface area contributed by atoms with E-state index in [-0.39, 0.29) is 11.6 Å². The van der Waals surface area contributed by atoms with Gasteiger partial charge in [0, 0.05) is 31.1 Å². The van der Waals surface area contributed by atoms with Crippen molar-refractivity contribution >= 4 is 5.69 Å². The molecule has 1 atom stereocenters. The van der Waals surface area contributed by atoms with E-state index in [1.54, 1.807) is 25.8 Å². The molecule has 0 saturated carbocycles. The summed E-state index contributed by atoms with van der Waals surface area (Å²) in [6.45, 7) is 6.81. The topological polar surface area (TPSA) is 57.8 Å². The van der Waals surface area contributed by atoms with Crippen LogP contribution in [0.25, 0.3) is 11.3 Å². The monoisotopic (exact) mass is 405 g/mol. The Morgan fingerprint density at radius 3 is 2.40 bits per heavy atom. The van der Waals surface area contributed by atoms with Gasteiger partial charge >= 0.3 is 5.69 Å². The van der Waals surface area contributed by atoms with Gasteiger partial charge in [-0.15, -0.1) is 0 Å². The van der Waals surface area contributed by atoms with Gasteiger partial charge < -0.3 is 9.47 Å². The van der Waals surface area contributed by atoms with E-state index in [4.69, 9.17) is 14.5 Å². The molecule has 0 spiro atoms. The molecular formula is C24H27N3O3. The molecule has 6 heteroatoms. The third kappa shape index (κ3) is 3.22. The lowest BCUT2D eigenvalue weighted by Gasteiger charge is -2.28. The average molecular weight is 405 g/mol. The van der Waals surface area contributed by atoms with E-state index < -0.39 is 0 Å². The van der Waals surface area contributed by atoms with Crippen molar-refractivity contribution < 1.29 is 9.47 Å². The van der Waals surface area contributed by atoms with Crippen molar-refractivity contribution in [2.24, 2.45) is 12.0 Å². The van der Waals surface area contributed by atoms with E-state index >= 15 is 0 Å². The first kappa shape index (κ1) is 20.0. The number of nitrogens with zero attached hydrogens (tertiary/aromatic N) is 3. The standard InChI is InChI=1S/C24H27N3O3/c1-14-7-8-19(15(2)9-14)25-23-12-20-18-11-22(30-6)21(29-5)10-17(18)16(3)13-27(20)24(28)26(23)4/h7-12,16H,13H2,1-6H3/b25-23-. The lowest BCUT2D eigenvalue weighted by Crippen LogP contribution is -2.41. The number of ether oxygens (including phenoxy) is 2. The molecule has 156 valence electrons. The summed E-state index contributed by atoms with van der Waals surface area (Å²) >= 11 is 0. The van der Waals surface area contributed by atoms with Crippen LogP contribution >= 0.6 is 0 Å². The summed E-state index contributed by atoms with van der Waals surface area (Å²) < 4.78 is 14.4. The molecule has 1 unspecified atom stereocenters. The Balaban J connectivity index is 2.00. The molecule has 30 heavy (non-hydrogen) atoms. The van der Waals surface area contributed by atoms with E-state index in [0.717, 1.165) is 28.1 Å². The Bertz CT molecular complexity index is 1270.